The molecule has 0 unspecified atom stereocenters. The van der Waals surface area contributed by atoms with Crippen molar-refractivity contribution < 1.29 is 13.9 Å². The minimum Gasteiger partial charge on any atom is -0.418 e. The van der Waals surface area contributed by atoms with Crippen LogP contribution < -0.4 is 9.05 Å². The molecule has 0 aliphatic heterocycles. The van der Waals surface area contributed by atoms with Crippen molar-refractivity contribution in [2.75, 3.05) is 0 Å². The molecule has 3 nitrogen and oxygen atoms in total. The van der Waals surface area contributed by atoms with Gasteiger partial charge in [-0.1, -0.05) is 103 Å². The predicted molar refractivity (Wildman–Crippen MR) is 137 cm³/mol. The van der Waals surface area contributed by atoms with Crippen molar-refractivity contribution in [3.8, 4) is 11.5 Å². The Labute approximate surface area is 197 Å². The molecule has 0 amide bonds. The summed E-state index contributed by atoms with van der Waals surface area (Å²) in [4.78, 5) is 10.6. The van der Waals surface area contributed by atoms with Crippen molar-refractivity contribution in [1.82, 2.24) is 0 Å². The topological polar surface area (TPSA) is 38.7 Å². The summed E-state index contributed by atoms with van der Waals surface area (Å²) in [6, 6.07) is 16.0. The van der Waals surface area contributed by atoms with Crippen LogP contribution in [-0.2, 0) is 12.8 Å². The van der Waals surface area contributed by atoms with Crippen molar-refractivity contribution in [3.05, 3.63) is 59.7 Å². The maximum atomic E-state index is 10.6. The van der Waals surface area contributed by atoms with Crippen LogP contribution in [0.5, 0.6) is 11.5 Å². The molecule has 0 aromatic heterocycles. The minimum absolute atomic E-state index is 0.733. The highest BCUT2D eigenvalue weighted by Crippen LogP contribution is 2.39. The van der Waals surface area contributed by atoms with Crippen LogP contribution in [0.3, 0.4) is 0 Å². The van der Waals surface area contributed by atoms with Gasteiger partial charge in [0.05, 0.1) is 0 Å². The van der Waals surface area contributed by atoms with Crippen LogP contribution in [0.4, 0.5) is 0 Å². The first-order chi connectivity index (χ1) is 15.5. The summed E-state index contributed by atoms with van der Waals surface area (Å²) in [5, 5.41) is 0. The monoisotopic (exact) mass is 458 g/mol. The summed E-state index contributed by atoms with van der Waals surface area (Å²) < 4.78 is 11.7. The standard InChI is InChI=1S/C28H43O3P/c1-23(2)15-7-5-9-17-25-19-11-13-21-27(25)30-32(29)31-28-22-14-12-20-26(28)18-10-6-8-16-24(3)4/h11-14,19-24,29H,5-10,15-18H2,1-4H3. The number of rotatable bonds is 16. The molecule has 2 aromatic carbocycles. The summed E-state index contributed by atoms with van der Waals surface area (Å²) in [5.41, 5.74) is 2.28. The molecule has 0 atom stereocenters. The van der Waals surface area contributed by atoms with E-state index in [1.807, 2.05) is 36.4 Å². The second kappa shape index (κ2) is 15.3. The minimum atomic E-state index is -2.03. The molecule has 0 fully saturated rings. The molecule has 0 saturated heterocycles. The summed E-state index contributed by atoms with van der Waals surface area (Å²) in [7, 11) is -2.03. The molecule has 0 aliphatic rings. The average Bonchev–Trinajstić information content (AvgIpc) is 2.75. The largest absolute Gasteiger partial charge is 0.460 e. The van der Waals surface area contributed by atoms with E-state index in [2.05, 4.69) is 39.8 Å². The van der Waals surface area contributed by atoms with Crippen LogP contribution in [0, 0.1) is 11.8 Å². The van der Waals surface area contributed by atoms with Crippen LogP contribution in [-0.4, -0.2) is 4.89 Å². The van der Waals surface area contributed by atoms with E-state index < -0.39 is 8.60 Å². The van der Waals surface area contributed by atoms with Gasteiger partial charge in [-0.05, 0) is 60.8 Å². The third-order valence-electron chi connectivity index (χ3n) is 5.75. The lowest BCUT2D eigenvalue weighted by Crippen LogP contribution is -2.00. The number of hydrogen-bond donors (Lipinski definition) is 1. The lowest BCUT2D eigenvalue weighted by atomic mass is 10.0. The average molecular weight is 459 g/mol. The molecule has 2 rings (SSSR count). The van der Waals surface area contributed by atoms with E-state index in [9.17, 15) is 4.89 Å². The van der Waals surface area contributed by atoms with E-state index in [1.165, 1.54) is 38.5 Å². The zero-order valence-electron chi connectivity index (χ0n) is 20.6. The Kier molecular flexibility index (Phi) is 12.8. The molecule has 4 heteroatoms. The van der Waals surface area contributed by atoms with E-state index in [1.54, 1.807) is 0 Å². The fraction of sp³-hybridized carbons (Fsp3) is 0.571. The highest BCUT2D eigenvalue weighted by atomic mass is 31.2. The molecule has 0 bridgehead atoms. The van der Waals surface area contributed by atoms with Gasteiger partial charge in [-0.2, -0.15) is 0 Å². The Hall–Kier alpha value is -1.57. The second-order valence-corrected chi connectivity index (χ2v) is 10.5. The van der Waals surface area contributed by atoms with Gasteiger partial charge in [0.25, 0.3) is 0 Å². The number of unbranched alkanes of at least 4 members (excludes halogenated alkanes) is 4. The van der Waals surface area contributed by atoms with Crippen molar-refractivity contribution >= 4 is 8.60 Å². The summed E-state index contributed by atoms with van der Waals surface area (Å²) in [6.07, 6.45) is 11.7. The first-order valence-electron chi connectivity index (χ1n) is 12.5. The Balaban J connectivity index is 1.85. The molecule has 2 aromatic rings. The Bertz CT molecular complexity index is 696. The second-order valence-electron chi connectivity index (χ2n) is 9.62. The molecular weight excluding hydrogens is 415 g/mol. The summed E-state index contributed by atoms with van der Waals surface area (Å²) in [5.74, 6) is 3.00. The van der Waals surface area contributed by atoms with Gasteiger partial charge in [0.1, 0.15) is 11.5 Å². The van der Waals surface area contributed by atoms with Gasteiger partial charge in [-0.3, -0.25) is 0 Å². The third-order valence-corrected chi connectivity index (χ3v) is 6.46. The van der Waals surface area contributed by atoms with Gasteiger partial charge in [0.15, 0.2) is 0 Å². The Morgan fingerprint density at radius 2 is 1.03 bits per heavy atom. The number of para-hydroxylation sites is 2. The van der Waals surface area contributed by atoms with Gasteiger partial charge in [0, 0.05) is 0 Å². The molecular formula is C28H43O3P. The fourth-order valence-corrected chi connectivity index (χ4v) is 4.61. The van der Waals surface area contributed by atoms with Crippen LogP contribution in [0.1, 0.15) is 90.2 Å². The lowest BCUT2D eigenvalue weighted by molar-refractivity contribution is 0.377. The van der Waals surface area contributed by atoms with Gasteiger partial charge in [-0.15, -0.1) is 0 Å². The smallest absolute Gasteiger partial charge is 0.418 e. The number of hydrogen-bond acceptors (Lipinski definition) is 3. The zero-order valence-corrected chi connectivity index (χ0v) is 21.4. The van der Waals surface area contributed by atoms with Crippen molar-refractivity contribution in [1.29, 1.82) is 0 Å². The SMILES string of the molecule is CC(C)CCCCCc1ccccc1OP(O)Oc1ccccc1CCCCCC(C)C. The quantitative estimate of drug-likeness (QED) is 0.202. The molecule has 32 heavy (non-hydrogen) atoms. The molecule has 178 valence electrons. The maximum Gasteiger partial charge on any atom is 0.460 e. The summed E-state index contributed by atoms with van der Waals surface area (Å²) >= 11 is 0. The first-order valence-corrected chi connectivity index (χ1v) is 13.6. The maximum absolute atomic E-state index is 10.6. The van der Waals surface area contributed by atoms with Gasteiger partial charge < -0.3 is 13.9 Å². The highest BCUT2D eigenvalue weighted by molar-refractivity contribution is 7.41. The molecule has 1 N–H and O–H groups in total. The molecule has 0 radical (unpaired) electrons. The Morgan fingerprint density at radius 1 is 0.625 bits per heavy atom. The van der Waals surface area contributed by atoms with E-state index in [0.29, 0.717) is 0 Å². The van der Waals surface area contributed by atoms with Crippen molar-refractivity contribution in [2.24, 2.45) is 11.8 Å². The number of benzene rings is 2. The molecule has 0 saturated carbocycles. The van der Waals surface area contributed by atoms with Crippen LogP contribution in [0.2, 0.25) is 0 Å². The van der Waals surface area contributed by atoms with E-state index in [0.717, 1.165) is 60.1 Å². The Morgan fingerprint density at radius 3 is 1.44 bits per heavy atom. The third kappa shape index (κ3) is 10.8. The normalized spacial score (nSPS) is 11.5. The predicted octanol–water partition coefficient (Wildman–Crippen LogP) is 8.88. The lowest BCUT2D eigenvalue weighted by Gasteiger charge is -2.17. The molecule has 0 aliphatic carbocycles. The van der Waals surface area contributed by atoms with E-state index in [-0.39, 0.29) is 0 Å². The molecule has 0 heterocycles. The fourth-order valence-electron chi connectivity index (χ4n) is 3.88. The summed E-state index contributed by atoms with van der Waals surface area (Å²) in [6.45, 7) is 9.10. The van der Waals surface area contributed by atoms with Crippen LogP contribution >= 0.6 is 8.60 Å². The van der Waals surface area contributed by atoms with Crippen molar-refractivity contribution in [2.45, 2.75) is 91.9 Å². The van der Waals surface area contributed by atoms with Crippen LogP contribution in [0.25, 0.3) is 0 Å². The van der Waals surface area contributed by atoms with Crippen LogP contribution in [0.15, 0.2) is 48.5 Å². The van der Waals surface area contributed by atoms with E-state index in [4.69, 9.17) is 9.05 Å². The zero-order chi connectivity index (χ0) is 23.2. The van der Waals surface area contributed by atoms with Crippen molar-refractivity contribution in [3.63, 3.8) is 0 Å². The van der Waals surface area contributed by atoms with Gasteiger partial charge >= 0.3 is 8.60 Å². The van der Waals surface area contributed by atoms with E-state index >= 15 is 0 Å². The number of aryl methyl sites for hydroxylation is 2. The highest BCUT2D eigenvalue weighted by Gasteiger charge is 2.16. The van der Waals surface area contributed by atoms with Gasteiger partial charge in [-0.25, -0.2) is 0 Å². The van der Waals surface area contributed by atoms with Gasteiger partial charge in [0.2, 0.25) is 0 Å². The first kappa shape index (κ1) is 26.7. The molecule has 0 spiro atoms.